The van der Waals surface area contributed by atoms with Gasteiger partial charge in [-0.1, -0.05) is 118 Å². The highest BCUT2D eigenvalue weighted by Gasteiger charge is 2.47. The number of nitrogens with zero attached hydrogens (tertiary/aromatic N) is 2. The number of para-hydroxylation sites is 4. The molecule has 3 aliphatic heterocycles. The van der Waals surface area contributed by atoms with Crippen molar-refractivity contribution in [3.63, 3.8) is 0 Å². The van der Waals surface area contributed by atoms with E-state index in [1.807, 2.05) is 0 Å². The first-order valence-electron chi connectivity index (χ1n) is 16.8. The van der Waals surface area contributed by atoms with Gasteiger partial charge in [-0.3, -0.25) is 0 Å². The summed E-state index contributed by atoms with van der Waals surface area (Å²) in [6, 6.07) is 53.5. The molecule has 0 saturated carbocycles. The van der Waals surface area contributed by atoms with Gasteiger partial charge in [0.15, 0.2) is 0 Å². The Kier molecular flexibility index (Phi) is 5.35. The molecular formula is C43H36N2Si. The number of benzene rings is 6. The Morgan fingerprint density at radius 3 is 2.07 bits per heavy atom. The van der Waals surface area contributed by atoms with Gasteiger partial charge >= 0.3 is 0 Å². The number of hydrogen-bond donors (Lipinski definition) is 0. The van der Waals surface area contributed by atoms with Crippen LogP contribution < -0.4 is 15.3 Å². The summed E-state index contributed by atoms with van der Waals surface area (Å²) in [4.78, 5) is 2.54. The Morgan fingerprint density at radius 2 is 1.22 bits per heavy atom. The van der Waals surface area contributed by atoms with Gasteiger partial charge in [-0.05, 0) is 87.2 Å². The number of aromatic nitrogens is 1. The second-order valence-electron chi connectivity index (χ2n) is 14.1. The van der Waals surface area contributed by atoms with E-state index in [4.69, 9.17) is 0 Å². The Balaban J connectivity index is 1.21. The minimum absolute atomic E-state index is 0.0565. The molecule has 222 valence electrons. The first-order chi connectivity index (χ1) is 22.6. The van der Waals surface area contributed by atoms with Crippen molar-refractivity contribution < 1.29 is 0 Å². The molecule has 10 rings (SSSR count). The van der Waals surface area contributed by atoms with Gasteiger partial charge in [0.05, 0.1) is 16.7 Å². The van der Waals surface area contributed by atoms with E-state index in [9.17, 15) is 0 Å². The monoisotopic (exact) mass is 608 g/mol. The molecule has 0 bridgehead atoms. The van der Waals surface area contributed by atoms with Crippen molar-refractivity contribution in [2.45, 2.75) is 44.2 Å². The predicted octanol–water partition coefficient (Wildman–Crippen LogP) is 10.2. The smallest absolute Gasteiger partial charge is 0.123 e. The maximum absolute atomic E-state index is 2.54. The zero-order valence-corrected chi connectivity index (χ0v) is 27.4. The molecule has 7 aromatic rings. The van der Waals surface area contributed by atoms with E-state index in [-0.39, 0.29) is 5.41 Å². The third kappa shape index (κ3) is 3.36. The molecule has 0 aliphatic carbocycles. The lowest BCUT2D eigenvalue weighted by molar-refractivity contribution is 0.630. The molecule has 2 nitrogen and oxygen atoms in total. The van der Waals surface area contributed by atoms with Crippen LogP contribution in [0.3, 0.4) is 0 Å². The Labute approximate surface area is 271 Å². The molecule has 0 amide bonds. The average molecular weight is 609 g/mol. The van der Waals surface area contributed by atoms with Gasteiger partial charge in [-0.25, -0.2) is 0 Å². The molecule has 0 radical (unpaired) electrons. The number of rotatable bonds is 2. The zero-order valence-electron chi connectivity index (χ0n) is 26.4. The van der Waals surface area contributed by atoms with E-state index in [0.717, 1.165) is 0 Å². The van der Waals surface area contributed by atoms with E-state index >= 15 is 0 Å². The lowest BCUT2D eigenvalue weighted by Crippen LogP contribution is -2.60. The van der Waals surface area contributed by atoms with Gasteiger partial charge in [-0.15, -0.1) is 0 Å². The summed E-state index contributed by atoms with van der Waals surface area (Å²) in [7, 11) is -1.83. The van der Waals surface area contributed by atoms with Gasteiger partial charge in [0, 0.05) is 33.2 Å². The maximum atomic E-state index is 2.54. The van der Waals surface area contributed by atoms with E-state index in [2.05, 4.69) is 157 Å². The molecule has 3 heteroatoms. The van der Waals surface area contributed by atoms with Crippen molar-refractivity contribution in [2.24, 2.45) is 0 Å². The maximum Gasteiger partial charge on any atom is 0.123 e. The fourth-order valence-corrected chi connectivity index (χ4v) is 14.9. The molecule has 3 aliphatic rings. The first-order valence-corrected chi connectivity index (χ1v) is 19.2. The summed E-state index contributed by atoms with van der Waals surface area (Å²) in [5, 5.41) is 5.90. The molecule has 1 spiro atoms. The van der Waals surface area contributed by atoms with Crippen molar-refractivity contribution in [2.75, 3.05) is 4.90 Å². The summed E-state index contributed by atoms with van der Waals surface area (Å²) in [6.07, 6.45) is 2.69. The van der Waals surface area contributed by atoms with Crippen molar-refractivity contribution in [3.05, 3.63) is 145 Å². The molecule has 1 aromatic heterocycles. The van der Waals surface area contributed by atoms with Gasteiger partial charge in [0.25, 0.3) is 0 Å². The molecule has 0 unspecified atom stereocenters. The highest BCUT2D eigenvalue weighted by atomic mass is 28.3. The third-order valence-corrected chi connectivity index (χ3v) is 16.8. The predicted molar refractivity (Wildman–Crippen MR) is 197 cm³/mol. The minimum atomic E-state index is -1.83. The van der Waals surface area contributed by atoms with Crippen LogP contribution in [0.15, 0.2) is 133 Å². The van der Waals surface area contributed by atoms with Crippen LogP contribution in [0, 0.1) is 0 Å². The van der Waals surface area contributed by atoms with Crippen LogP contribution in [0.5, 0.6) is 0 Å². The molecule has 0 N–H and O–H groups in total. The summed E-state index contributed by atoms with van der Waals surface area (Å²) in [5.74, 6) is 0. The highest BCUT2D eigenvalue weighted by molar-refractivity contribution is 7.05. The number of hydrogen-bond acceptors (Lipinski definition) is 1. The first kappa shape index (κ1) is 26.4. The second kappa shape index (κ2) is 9.34. The fraction of sp³-hybridized carbons (Fsp3) is 0.163. The van der Waals surface area contributed by atoms with E-state index in [1.54, 1.807) is 10.4 Å². The summed E-state index contributed by atoms with van der Waals surface area (Å²) < 4.78 is 2.51. The fourth-order valence-electron chi connectivity index (χ4n) is 9.37. The van der Waals surface area contributed by atoms with Gasteiger partial charge in [0.1, 0.15) is 8.07 Å². The lowest BCUT2D eigenvalue weighted by atomic mass is 9.75. The third-order valence-electron chi connectivity index (χ3n) is 11.5. The van der Waals surface area contributed by atoms with Crippen LogP contribution in [0.4, 0.5) is 17.1 Å². The Hall–Kier alpha value is -4.86. The largest absolute Gasteiger partial charge is 0.311 e. The second-order valence-corrected chi connectivity index (χ2v) is 18.4. The van der Waals surface area contributed by atoms with Crippen molar-refractivity contribution in [1.82, 2.24) is 4.57 Å². The molecular weight excluding hydrogens is 573 g/mol. The van der Waals surface area contributed by atoms with Crippen molar-refractivity contribution >= 4 is 57.3 Å². The summed E-state index contributed by atoms with van der Waals surface area (Å²) in [5.41, 5.74) is 13.2. The quantitative estimate of drug-likeness (QED) is 0.177. The van der Waals surface area contributed by atoms with Crippen LogP contribution in [0.2, 0.25) is 12.1 Å². The topological polar surface area (TPSA) is 8.17 Å². The lowest BCUT2D eigenvalue weighted by Gasteiger charge is -2.43. The van der Waals surface area contributed by atoms with E-state index < -0.39 is 8.07 Å². The van der Waals surface area contributed by atoms with Crippen LogP contribution in [-0.4, -0.2) is 12.6 Å². The standard InChI is InChI=1S/C43H36N2Si/c1-43(2)34-16-6-7-18-37(34)45-36-23-21-29(27-33(36)32-15-12-17-35(43)42(32)45)30-22-24-41-39(28-30)44(31-13-4-3-5-14-31)38-19-8-9-20-40(38)46(41)25-10-11-26-46/h3-9,12-24,27-28H,10-11,25-26H2,1-2H3. The van der Waals surface area contributed by atoms with Crippen LogP contribution in [0.1, 0.15) is 37.8 Å². The van der Waals surface area contributed by atoms with Gasteiger partial charge < -0.3 is 9.47 Å². The molecule has 4 heterocycles. The molecule has 1 saturated heterocycles. The molecule has 1 fully saturated rings. The SMILES string of the molecule is CC1(C)c2ccccc2-n2c3ccc(-c4ccc5c(c4)N(c4ccccc4)c4ccccc4[Si]54CCCC4)cc3c3cccc1c32. The van der Waals surface area contributed by atoms with Crippen LogP contribution in [-0.2, 0) is 5.41 Å². The van der Waals surface area contributed by atoms with Crippen molar-refractivity contribution in [3.8, 4) is 16.8 Å². The molecule has 6 aromatic carbocycles. The number of fused-ring (bicyclic) bond motifs is 9. The number of anilines is 3. The summed E-state index contributed by atoms with van der Waals surface area (Å²) in [6.45, 7) is 4.74. The van der Waals surface area contributed by atoms with Gasteiger partial charge in [0.2, 0.25) is 0 Å². The molecule has 46 heavy (non-hydrogen) atoms. The van der Waals surface area contributed by atoms with Crippen LogP contribution >= 0.6 is 0 Å². The van der Waals surface area contributed by atoms with Crippen molar-refractivity contribution in [1.29, 1.82) is 0 Å². The molecule has 0 atom stereocenters. The Morgan fingerprint density at radius 1 is 0.543 bits per heavy atom. The minimum Gasteiger partial charge on any atom is -0.311 e. The highest BCUT2D eigenvalue weighted by Crippen LogP contribution is 2.49. The normalized spacial score (nSPS) is 16.9. The summed E-state index contributed by atoms with van der Waals surface area (Å²) >= 11 is 0. The zero-order chi connectivity index (χ0) is 30.6. The van der Waals surface area contributed by atoms with Crippen LogP contribution in [0.25, 0.3) is 38.6 Å². The van der Waals surface area contributed by atoms with E-state index in [0.29, 0.717) is 0 Å². The Bertz CT molecular complexity index is 2360. The average Bonchev–Trinajstić information content (AvgIpc) is 3.72. The van der Waals surface area contributed by atoms with Gasteiger partial charge in [-0.2, -0.15) is 0 Å². The van der Waals surface area contributed by atoms with E-state index in [1.165, 1.54) is 91.7 Å².